The van der Waals surface area contributed by atoms with Gasteiger partial charge in [-0.25, -0.2) is 0 Å². The van der Waals surface area contributed by atoms with Crippen molar-refractivity contribution in [3.8, 4) is 44.8 Å². The van der Waals surface area contributed by atoms with E-state index in [2.05, 4.69) is 485 Å². The second kappa shape index (κ2) is 32.3. The molecule has 20 aromatic carbocycles. The number of fused-ring (bicyclic) bond motifs is 18. The lowest BCUT2D eigenvalue weighted by Gasteiger charge is -2.26. The number of para-hydroxylation sites is 13. The average molecular weight is 1670 g/mol. The molecule has 0 unspecified atom stereocenters. The third kappa shape index (κ3) is 13.6. The van der Waals surface area contributed by atoms with Gasteiger partial charge in [-0.3, -0.25) is 0 Å². The number of hydrogen-bond acceptors (Lipinski definition) is 7. The van der Waals surface area contributed by atoms with Crippen LogP contribution in [0.2, 0.25) is 0 Å². The third-order valence-electron chi connectivity index (χ3n) is 25.0. The minimum Gasteiger partial charge on any atom is -0.455 e. The lowest BCUT2D eigenvalue weighted by molar-refractivity contribution is 0.669. The van der Waals surface area contributed by atoms with Crippen molar-refractivity contribution in [1.29, 1.82) is 0 Å². The minimum atomic E-state index is 0.888. The number of thiophene rings is 1. The highest BCUT2D eigenvalue weighted by molar-refractivity contribution is 7.25. The van der Waals surface area contributed by atoms with Crippen molar-refractivity contribution in [3.05, 3.63) is 479 Å². The molecule has 0 atom stereocenters. The molecular formula is C120H79N5O3S. The number of furan rings is 3. The Hall–Kier alpha value is -17.0. The topological polar surface area (TPSA) is 59.0 Å². The van der Waals surface area contributed by atoms with Gasteiger partial charge < -0.3 is 37.1 Å². The van der Waals surface area contributed by atoms with Gasteiger partial charge in [-0.2, -0.15) is 0 Å². The van der Waals surface area contributed by atoms with E-state index >= 15 is 0 Å². The zero-order valence-electron chi connectivity index (χ0n) is 70.0. The number of nitrogens with zero attached hydrogens (tertiary/aromatic N) is 5. The smallest absolute Gasteiger partial charge is 0.143 e. The molecular weight excluding hydrogens is 1590 g/mol. The molecule has 0 saturated heterocycles. The maximum atomic E-state index is 6.63. The molecule has 9 heteroatoms. The van der Waals surface area contributed by atoms with Gasteiger partial charge in [-0.1, -0.05) is 279 Å². The van der Waals surface area contributed by atoms with Crippen LogP contribution in [-0.2, 0) is 0 Å². The Morgan fingerprint density at radius 1 is 0.171 bits per heavy atom. The fourth-order valence-electron chi connectivity index (χ4n) is 19.1. The summed E-state index contributed by atoms with van der Waals surface area (Å²) in [6.07, 6.45) is 0. The van der Waals surface area contributed by atoms with Crippen molar-refractivity contribution < 1.29 is 13.3 Å². The van der Waals surface area contributed by atoms with Crippen LogP contribution in [0.3, 0.4) is 0 Å². The van der Waals surface area contributed by atoms with Gasteiger partial charge in [0, 0.05) is 153 Å². The fraction of sp³-hybridized carbons (Fsp3) is 0. The molecule has 0 aliphatic carbocycles. The Morgan fingerprint density at radius 2 is 0.442 bits per heavy atom. The lowest BCUT2D eigenvalue weighted by atomic mass is 9.98. The van der Waals surface area contributed by atoms with Crippen LogP contribution in [0.1, 0.15) is 0 Å². The first kappa shape index (κ1) is 75.7. The summed E-state index contributed by atoms with van der Waals surface area (Å²) in [4.78, 5) is 6.96. The van der Waals surface area contributed by atoms with E-state index in [1.165, 1.54) is 63.8 Å². The van der Waals surface area contributed by atoms with E-state index in [9.17, 15) is 0 Å². The molecule has 0 bridgehead atoms. The summed E-state index contributed by atoms with van der Waals surface area (Å²) in [6.45, 7) is 0. The zero-order valence-corrected chi connectivity index (χ0v) is 70.8. The summed E-state index contributed by atoms with van der Waals surface area (Å²) in [5, 5.41) is 14.2. The van der Waals surface area contributed by atoms with Gasteiger partial charge in [0.05, 0.1) is 22.1 Å². The Kier molecular flexibility index (Phi) is 19.0. The predicted molar refractivity (Wildman–Crippen MR) is 543 cm³/mol. The van der Waals surface area contributed by atoms with E-state index in [1.54, 1.807) is 0 Å². The fourth-order valence-corrected chi connectivity index (χ4v) is 20.2. The molecule has 0 aliphatic rings. The standard InChI is InChI=1S/2C42H28N2O.C36H23NOS/c1-4-14-30(15-5-1)43(31-16-6-2-7-17-31)33-27-36(42-38(28-33)35-21-11-13-23-41(35)45-42)29-24-25-40-37(26-29)34-20-10-12-22-39(34)44(40)32-18-8-3-9-19-32;1-3-13-30(14-4-1)43(31-15-5-2-6-16-31)33-27-37(42-38(28-33)36-19-9-12-22-41(36)45-42)29-23-25-32(26-24-29)44-39-20-10-7-17-34(39)35-18-8-11-21-40(35)44;1-3-11-25(12-4-1)37(26-13-5-2-6-14-26)27-22-30(36-32(23-27)28-15-7-9-17-33(28)38-36)24-19-20-35-31(21-24)29-16-8-10-18-34(29)39-35/h2*1-28H;1-23H. The van der Waals surface area contributed by atoms with E-state index in [0.717, 1.165) is 162 Å². The summed E-state index contributed by atoms with van der Waals surface area (Å²) >= 11 is 1.84. The van der Waals surface area contributed by atoms with Gasteiger partial charge in [0.2, 0.25) is 0 Å². The molecule has 6 aromatic heterocycles. The van der Waals surface area contributed by atoms with Crippen LogP contribution >= 0.6 is 11.3 Å². The minimum absolute atomic E-state index is 0.888. The van der Waals surface area contributed by atoms with Crippen LogP contribution in [0.15, 0.2) is 492 Å². The van der Waals surface area contributed by atoms with Crippen molar-refractivity contribution in [2.24, 2.45) is 0 Å². The largest absolute Gasteiger partial charge is 0.455 e. The first-order chi connectivity index (χ1) is 64.0. The second-order valence-electron chi connectivity index (χ2n) is 32.6. The second-order valence-corrected chi connectivity index (χ2v) is 33.7. The first-order valence-electron chi connectivity index (χ1n) is 43.7. The number of benzene rings is 20. The molecule has 8 nitrogen and oxygen atoms in total. The molecule has 0 N–H and O–H groups in total. The molecule has 129 heavy (non-hydrogen) atoms. The maximum absolute atomic E-state index is 6.63. The lowest BCUT2D eigenvalue weighted by Crippen LogP contribution is -2.09. The molecule has 0 amide bonds. The van der Waals surface area contributed by atoms with Gasteiger partial charge in [0.1, 0.15) is 33.5 Å². The Morgan fingerprint density at radius 3 is 0.829 bits per heavy atom. The van der Waals surface area contributed by atoms with E-state index in [1.807, 2.05) is 29.5 Å². The quantitative estimate of drug-likeness (QED) is 0.108. The molecule has 6 heterocycles. The van der Waals surface area contributed by atoms with Gasteiger partial charge >= 0.3 is 0 Å². The number of anilines is 9. The van der Waals surface area contributed by atoms with E-state index < -0.39 is 0 Å². The highest BCUT2D eigenvalue weighted by atomic mass is 32.1. The van der Waals surface area contributed by atoms with Crippen molar-refractivity contribution in [3.63, 3.8) is 0 Å². The molecule has 26 aromatic rings. The molecule has 0 radical (unpaired) electrons. The van der Waals surface area contributed by atoms with Gasteiger partial charge in [-0.05, 0) is 217 Å². The van der Waals surface area contributed by atoms with E-state index in [-0.39, 0.29) is 0 Å². The van der Waals surface area contributed by atoms with Crippen LogP contribution in [0.5, 0.6) is 0 Å². The SMILES string of the molecule is c1ccc(N(c2ccccc2)c2cc(-c3ccc(-n4c5ccccc5c5ccccc54)cc3)c3oc4ccccc4c3c2)cc1.c1ccc(N(c2ccccc2)c2cc(-c3ccc4c(c3)c3ccccc3n4-c3ccccc3)c3oc4ccccc4c3c2)cc1.c1ccc(N(c2ccccc2)c2cc(-c3ccc4sc5ccccc5c4c3)c3oc4ccccc4c3c2)cc1. The summed E-state index contributed by atoms with van der Waals surface area (Å²) in [6, 6.07) is 170. The molecule has 608 valence electrons. The first-order valence-corrected chi connectivity index (χ1v) is 44.5. The van der Waals surface area contributed by atoms with Crippen molar-refractivity contribution in [2.45, 2.75) is 0 Å². The monoisotopic (exact) mass is 1670 g/mol. The number of hydrogen-bond donors (Lipinski definition) is 0. The van der Waals surface area contributed by atoms with E-state index in [4.69, 9.17) is 13.3 Å². The molecule has 26 rings (SSSR count). The van der Waals surface area contributed by atoms with Gasteiger partial charge in [-0.15, -0.1) is 11.3 Å². The van der Waals surface area contributed by atoms with Crippen LogP contribution < -0.4 is 14.7 Å². The molecule has 0 fully saturated rings. The third-order valence-corrected chi connectivity index (χ3v) is 26.1. The maximum Gasteiger partial charge on any atom is 0.143 e. The van der Waals surface area contributed by atoms with Crippen molar-refractivity contribution in [1.82, 2.24) is 9.13 Å². The predicted octanol–water partition coefficient (Wildman–Crippen LogP) is 34.7. The Bertz CT molecular complexity index is 8510. The van der Waals surface area contributed by atoms with Crippen LogP contribution in [0.4, 0.5) is 51.2 Å². The highest BCUT2D eigenvalue weighted by Gasteiger charge is 2.26. The Labute approximate surface area is 748 Å². The number of rotatable bonds is 14. The molecule has 0 aliphatic heterocycles. The normalized spacial score (nSPS) is 11.6. The summed E-state index contributed by atoms with van der Waals surface area (Å²) < 4.78 is 27.1. The van der Waals surface area contributed by atoms with Gasteiger partial charge in [0.25, 0.3) is 0 Å². The zero-order chi connectivity index (χ0) is 85.2. The number of aromatic nitrogens is 2. The molecule has 0 saturated carbocycles. The summed E-state index contributed by atoms with van der Waals surface area (Å²) in [7, 11) is 0. The van der Waals surface area contributed by atoms with Crippen LogP contribution in [0, 0.1) is 0 Å². The van der Waals surface area contributed by atoms with E-state index in [0.29, 0.717) is 0 Å². The summed E-state index contributed by atoms with van der Waals surface area (Å²) in [5.41, 5.74) is 28.9. The van der Waals surface area contributed by atoms with Crippen molar-refractivity contribution in [2.75, 3.05) is 14.7 Å². The van der Waals surface area contributed by atoms with Crippen molar-refractivity contribution >= 4 is 192 Å². The van der Waals surface area contributed by atoms with Crippen LogP contribution in [-0.4, -0.2) is 9.13 Å². The van der Waals surface area contributed by atoms with Crippen LogP contribution in [0.25, 0.3) is 174 Å². The highest BCUT2D eigenvalue weighted by Crippen LogP contribution is 2.50. The Balaban J connectivity index is 0.000000108. The molecule has 0 spiro atoms. The average Bonchev–Trinajstić information content (AvgIpc) is 1.59. The summed E-state index contributed by atoms with van der Waals surface area (Å²) in [5.74, 6) is 0. The van der Waals surface area contributed by atoms with Gasteiger partial charge in [0.15, 0.2) is 0 Å².